The van der Waals surface area contributed by atoms with Crippen LogP contribution >= 0.6 is 0 Å². The van der Waals surface area contributed by atoms with Crippen molar-refractivity contribution >= 4 is 5.78 Å². The van der Waals surface area contributed by atoms with Crippen LogP contribution in [0, 0.1) is 12.8 Å². The maximum absolute atomic E-state index is 12.2. The minimum Gasteiger partial charge on any atom is -0.303 e. The lowest BCUT2D eigenvalue weighted by molar-refractivity contribution is -0.126. The molecule has 2 bridgehead atoms. The third-order valence-corrected chi connectivity index (χ3v) is 6.13. The number of likely N-dealkylation sites (N-methyl/N-ethyl adjacent to an activating group) is 1. The number of nitrogens with zero attached hydrogens (tertiary/aromatic N) is 1. The molecule has 1 saturated carbocycles. The highest BCUT2D eigenvalue weighted by Crippen LogP contribution is 2.54. The molecule has 0 radical (unpaired) electrons. The lowest BCUT2D eigenvalue weighted by Crippen LogP contribution is -2.60. The Kier molecular flexibility index (Phi) is 2.62. The van der Waals surface area contributed by atoms with E-state index in [9.17, 15) is 4.79 Å². The van der Waals surface area contributed by atoms with Crippen molar-refractivity contribution in [1.82, 2.24) is 4.90 Å². The van der Waals surface area contributed by atoms with Crippen LogP contribution in [0.25, 0.3) is 0 Å². The Balaban J connectivity index is 1.92. The van der Waals surface area contributed by atoms with E-state index < -0.39 is 0 Å². The molecule has 0 N–H and O–H groups in total. The SMILES string of the molecule is Cc1ccc2c(c1)[C@]13CCN(C)[C@H](C2)[C@@H]1CCC(=O)C3. The molecule has 3 aliphatic rings. The maximum atomic E-state index is 12.2. The fourth-order valence-corrected chi connectivity index (χ4v) is 5.13. The first kappa shape index (κ1) is 12.6. The van der Waals surface area contributed by atoms with Crippen molar-refractivity contribution in [3.8, 4) is 0 Å². The molecule has 1 aromatic carbocycles. The highest BCUT2D eigenvalue weighted by atomic mass is 16.1. The molecule has 20 heavy (non-hydrogen) atoms. The number of rotatable bonds is 0. The van der Waals surface area contributed by atoms with E-state index in [0.29, 0.717) is 17.7 Å². The second-order valence-corrected chi connectivity index (χ2v) is 7.18. The molecule has 3 atom stereocenters. The number of hydrogen-bond donors (Lipinski definition) is 0. The molecular formula is C18H23NO. The number of fused-ring (bicyclic) bond motifs is 1. The molecule has 2 fully saturated rings. The quantitative estimate of drug-likeness (QED) is 0.722. The van der Waals surface area contributed by atoms with E-state index in [-0.39, 0.29) is 5.41 Å². The Bertz CT molecular complexity index is 579. The zero-order valence-electron chi connectivity index (χ0n) is 12.5. The monoisotopic (exact) mass is 269 g/mol. The van der Waals surface area contributed by atoms with Crippen molar-refractivity contribution < 1.29 is 4.79 Å². The number of likely N-dealkylation sites (tertiary alicyclic amines) is 1. The van der Waals surface area contributed by atoms with Crippen LogP contribution in [0.15, 0.2) is 18.2 Å². The van der Waals surface area contributed by atoms with Crippen LogP contribution in [0.1, 0.15) is 42.4 Å². The van der Waals surface area contributed by atoms with E-state index in [1.165, 1.54) is 23.1 Å². The van der Waals surface area contributed by atoms with E-state index in [1.54, 1.807) is 0 Å². The third kappa shape index (κ3) is 1.57. The summed E-state index contributed by atoms with van der Waals surface area (Å²) in [5.41, 5.74) is 4.51. The summed E-state index contributed by atoms with van der Waals surface area (Å²) in [4.78, 5) is 14.7. The number of ketones is 1. The number of carbonyl (C=O) groups excluding carboxylic acids is 1. The zero-order valence-corrected chi connectivity index (χ0v) is 12.5. The summed E-state index contributed by atoms with van der Waals surface area (Å²) < 4.78 is 0. The van der Waals surface area contributed by atoms with Crippen LogP contribution in [0.5, 0.6) is 0 Å². The van der Waals surface area contributed by atoms with Crippen molar-refractivity contribution in [2.45, 2.75) is 50.5 Å². The van der Waals surface area contributed by atoms with Crippen LogP contribution in [0.2, 0.25) is 0 Å². The molecule has 106 valence electrons. The topological polar surface area (TPSA) is 20.3 Å². The first-order valence-corrected chi connectivity index (χ1v) is 7.92. The number of benzene rings is 1. The van der Waals surface area contributed by atoms with Gasteiger partial charge in [-0.1, -0.05) is 23.8 Å². The second-order valence-electron chi connectivity index (χ2n) is 7.18. The van der Waals surface area contributed by atoms with E-state index in [4.69, 9.17) is 0 Å². The molecule has 1 heterocycles. The van der Waals surface area contributed by atoms with Gasteiger partial charge < -0.3 is 4.90 Å². The average Bonchev–Trinajstić information content (AvgIpc) is 2.43. The Labute approximate surface area is 121 Å². The molecule has 2 nitrogen and oxygen atoms in total. The Morgan fingerprint density at radius 3 is 3.05 bits per heavy atom. The van der Waals surface area contributed by atoms with Crippen molar-refractivity contribution in [3.63, 3.8) is 0 Å². The van der Waals surface area contributed by atoms with Crippen molar-refractivity contribution in [3.05, 3.63) is 34.9 Å². The van der Waals surface area contributed by atoms with E-state index in [1.807, 2.05) is 0 Å². The normalized spacial score (nSPS) is 36.4. The summed E-state index contributed by atoms with van der Waals surface area (Å²) >= 11 is 0. The molecule has 0 amide bonds. The number of carbonyl (C=O) groups is 1. The molecule has 1 aromatic rings. The van der Waals surface area contributed by atoms with Crippen LogP contribution in [-0.4, -0.2) is 30.3 Å². The maximum Gasteiger partial charge on any atom is 0.133 e. The van der Waals surface area contributed by atoms with Gasteiger partial charge in [0, 0.05) is 24.3 Å². The molecule has 0 unspecified atom stereocenters. The van der Waals surface area contributed by atoms with Gasteiger partial charge in [-0.15, -0.1) is 0 Å². The first-order chi connectivity index (χ1) is 9.60. The van der Waals surface area contributed by atoms with Gasteiger partial charge >= 0.3 is 0 Å². The number of Topliss-reactive ketones (excluding diaryl/α,β-unsaturated/α-hetero) is 1. The van der Waals surface area contributed by atoms with Gasteiger partial charge in [0.2, 0.25) is 0 Å². The van der Waals surface area contributed by atoms with Crippen LogP contribution in [-0.2, 0) is 16.6 Å². The first-order valence-electron chi connectivity index (χ1n) is 7.92. The Morgan fingerprint density at radius 2 is 2.20 bits per heavy atom. The fraction of sp³-hybridized carbons (Fsp3) is 0.611. The number of hydrogen-bond acceptors (Lipinski definition) is 2. The van der Waals surface area contributed by atoms with Crippen LogP contribution in [0.3, 0.4) is 0 Å². The van der Waals surface area contributed by atoms with Gasteiger partial charge in [0.15, 0.2) is 0 Å². The molecule has 2 aliphatic carbocycles. The summed E-state index contributed by atoms with van der Waals surface area (Å²) in [6.07, 6.45) is 5.02. The summed E-state index contributed by atoms with van der Waals surface area (Å²) in [5, 5.41) is 0. The lowest BCUT2D eigenvalue weighted by atomic mass is 9.52. The number of piperidine rings is 1. The average molecular weight is 269 g/mol. The summed E-state index contributed by atoms with van der Waals surface area (Å²) in [6.45, 7) is 3.32. The van der Waals surface area contributed by atoms with Gasteiger partial charge in [-0.05, 0) is 56.8 Å². The molecule has 1 aliphatic heterocycles. The highest BCUT2D eigenvalue weighted by Gasteiger charge is 2.54. The summed E-state index contributed by atoms with van der Waals surface area (Å²) in [6, 6.07) is 7.57. The van der Waals surface area contributed by atoms with Crippen molar-refractivity contribution in [1.29, 1.82) is 0 Å². The van der Waals surface area contributed by atoms with Gasteiger partial charge in [0.05, 0.1) is 0 Å². The van der Waals surface area contributed by atoms with Crippen LogP contribution < -0.4 is 0 Å². The molecule has 0 spiro atoms. The summed E-state index contributed by atoms with van der Waals surface area (Å²) in [7, 11) is 2.27. The van der Waals surface area contributed by atoms with Gasteiger partial charge in [-0.25, -0.2) is 0 Å². The zero-order chi connectivity index (χ0) is 13.9. The summed E-state index contributed by atoms with van der Waals surface area (Å²) in [5.74, 6) is 1.17. The lowest BCUT2D eigenvalue weighted by Gasteiger charge is -2.58. The van der Waals surface area contributed by atoms with Gasteiger partial charge in [0.25, 0.3) is 0 Å². The predicted octanol–water partition coefficient (Wildman–Crippen LogP) is 2.86. The van der Waals surface area contributed by atoms with Crippen molar-refractivity contribution in [2.75, 3.05) is 13.6 Å². The highest BCUT2D eigenvalue weighted by molar-refractivity contribution is 5.81. The standard InChI is InChI=1S/C18H23NO/c1-12-3-4-13-10-17-15-6-5-14(20)11-18(15,16(13)9-12)7-8-19(17)2/h3-4,9,15,17H,5-8,10-11H2,1-2H3/t15-,17+,18-/m0/s1. The molecule has 2 heteroatoms. The van der Waals surface area contributed by atoms with Gasteiger partial charge in [0.1, 0.15) is 5.78 Å². The molecular weight excluding hydrogens is 246 g/mol. The Morgan fingerprint density at radius 1 is 1.35 bits per heavy atom. The smallest absolute Gasteiger partial charge is 0.133 e. The molecule has 4 rings (SSSR count). The minimum atomic E-state index is 0.159. The third-order valence-electron chi connectivity index (χ3n) is 6.13. The second kappa shape index (κ2) is 4.17. The van der Waals surface area contributed by atoms with E-state index >= 15 is 0 Å². The Hall–Kier alpha value is -1.15. The minimum absolute atomic E-state index is 0.159. The van der Waals surface area contributed by atoms with Gasteiger partial charge in [-0.2, -0.15) is 0 Å². The van der Waals surface area contributed by atoms with Gasteiger partial charge in [-0.3, -0.25) is 4.79 Å². The molecule has 0 aromatic heterocycles. The van der Waals surface area contributed by atoms with E-state index in [2.05, 4.69) is 37.1 Å². The predicted molar refractivity (Wildman–Crippen MR) is 79.9 cm³/mol. The fourth-order valence-electron chi connectivity index (χ4n) is 5.13. The van der Waals surface area contributed by atoms with Crippen molar-refractivity contribution in [2.24, 2.45) is 5.92 Å². The number of aryl methyl sites for hydroxylation is 1. The molecule has 1 saturated heterocycles. The van der Waals surface area contributed by atoms with Crippen LogP contribution in [0.4, 0.5) is 0 Å². The largest absolute Gasteiger partial charge is 0.303 e. The van der Waals surface area contributed by atoms with E-state index in [0.717, 1.165) is 32.2 Å².